The summed E-state index contributed by atoms with van der Waals surface area (Å²) < 4.78 is 11.1. The van der Waals surface area contributed by atoms with Crippen LogP contribution in [0.15, 0.2) is 48.5 Å². The molecule has 0 saturated carbocycles. The fourth-order valence-electron chi connectivity index (χ4n) is 1.59. The van der Waals surface area contributed by atoms with Crippen molar-refractivity contribution in [1.29, 1.82) is 0 Å². The molecule has 0 fully saturated rings. The number of para-hydroxylation sites is 1. The lowest BCUT2D eigenvalue weighted by molar-refractivity contribution is 0.216. The largest absolute Gasteiger partial charge is 0.508 e. The van der Waals surface area contributed by atoms with E-state index in [1.165, 1.54) is 0 Å². The Kier molecular flexibility index (Phi) is 4.07. The first-order valence-corrected chi connectivity index (χ1v) is 5.86. The Hall–Kier alpha value is -2.16. The molecule has 1 N–H and O–H groups in total. The van der Waals surface area contributed by atoms with Gasteiger partial charge in [0.05, 0.1) is 0 Å². The molecule has 2 aromatic carbocycles. The Morgan fingerprint density at radius 2 is 1.61 bits per heavy atom. The van der Waals surface area contributed by atoms with Crippen LogP contribution in [0.25, 0.3) is 0 Å². The van der Waals surface area contributed by atoms with Crippen LogP contribution in [0.3, 0.4) is 0 Å². The zero-order chi connectivity index (χ0) is 12.8. The topological polar surface area (TPSA) is 38.7 Å². The van der Waals surface area contributed by atoms with Crippen molar-refractivity contribution in [2.45, 2.75) is 6.92 Å². The van der Waals surface area contributed by atoms with E-state index in [9.17, 15) is 5.11 Å². The first kappa shape index (κ1) is 12.3. The van der Waals surface area contributed by atoms with Crippen LogP contribution in [0.4, 0.5) is 0 Å². The molecule has 0 heterocycles. The van der Waals surface area contributed by atoms with Crippen molar-refractivity contribution in [2.24, 2.45) is 0 Å². The second-order valence-electron chi connectivity index (χ2n) is 3.91. The van der Waals surface area contributed by atoms with Gasteiger partial charge in [0, 0.05) is 5.56 Å². The lowest BCUT2D eigenvalue weighted by Crippen LogP contribution is -2.09. The summed E-state index contributed by atoms with van der Waals surface area (Å²) in [6.07, 6.45) is 0. The summed E-state index contributed by atoms with van der Waals surface area (Å²) in [5.41, 5.74) is 0.747. The van der Waals surface area contributed by atoms with Gasteiger partial charge in [0.1, 0.15) is 30.5 Å². The SMILES string of the molecule is Cc1c(O)cccc1OCCOc1ccccc1. The zero-order valence-corrected chi connectivity index (χ0v) is 10.3. The second kappa shape index (κ2) is 5.96. The maximum Gasteiger partial charge on any atom is 0.126 e. The van der Waals surface area contributed by atoms with Gasteiger partial charge in [-0.2, -0.15) is 0 Å². The van der Waals surface area contributed by atoms with Crippen molar-refractivity contribution >= 4 is 0 Å². The fourth-order valence-corrected chi connectivity index (χ4v) is 1.59. The molecule has 0 aliphatic carbocycles. The van der Waals surface area contributed by atoms with Crippen molar-refractivity contribution in [2.75, 3.05) is 13.2 Å². The summed E-state index contributed by atoms with van der Waals surface area (Å²) in [4.78, 5) is 0. The third-order valence-electron chi connectivity index (χ3n) is 2.61. The van der Waals surface area contributed by atoms with Gasteiger partial charge in [0.25, 0.3) is 0 Å². The van der Waals surface area contributed by atoms with Crippen molar-refractivity contribution < 1.29 is 14.6 Å². The maximum absolute atomic E-state index is 9.52. The summed E-state index contributed by atoms with van der Waals surface area (Å²) >= 11 is 0. The summed E-state index contributed by atoms with van der Waals surface area (Å²) in [6.45, 7) is 2.74. The van der Waals surface area contributed by atoms with Gasteiger partial charge in [-0.05, 0) is 31.2 Å². The van der Waals surface area contributed by atoms with Crippen molar-refractivity contribution in [3.63, 3.8) is 0 Å². The quantitative estimate of drug-likeness (QED) is 0.821. The highest BCUT2D eigenvalue weighted by molar-refractivity contribution is 5.42. The van der Waals surface area contributed by atoms with Crippen LogP contribution in [0.2, 0.25) is 0 Å². The lowest BCUT2D eigenvalue weighted by Gasteiger charge is -2.10. The highest BCUT2D eigenvalue weighted by Crippen LogP contribution is 2.25. The molecule has 0 aliphatic heterocycles. The molecule has 94 valence electrons. The van der Waals surface area contributed by atoms with Gasteiger partial charge >= 0.3 is 0 Å². The highest BCUT2D eigenvalue weighted by atomic mass is 16.5. The van der Waals surface area contributed by atoms with E-state index < -0.39 is 0 Å². The molecular formula is C15H16O3. The number of ether oxygens (including phenoxy) is 2. The summed E-state index contributed by atoms with van der Waals surface area (Å²) in [7, 11) is 0. The van der Waals surface area contributed by atoms with E-state index in [0.29, 0.717) is 19.0 Å². The number of aromatic hydroxyl groups is 1. The van der Waals surface area contributed by atoms with Gasteiger partial charge in [-0.25, -0.2) is 0 Å². The molecule has 3 heteroatoms. The van der Waals surface area contributed by atoms with E-state index in [1.807, 2.05) is 43.3 Å². The first-order chi connectivity index (χ1) is 8.77. The highest BCUT2D eigenvalue weighted by Gasteiger charge is 2.03. The molecule has 0 aliphatic rings. The Morgan fingerprint density at radius 1 is 0.889 bits per heavy atom. The molecule has 18 heavy (non-hydrogen) atoms. The molecule has 0 bridgehead atoms. The lowest BCUT2D eigenvalue weighted by atomic mass is 10.2. The minimum atomic E-state index is 0.247. The van der Waals surface area contributed by atoms with Gasteiger partial charge in [-0.1, -0.05) is 24.3 Å². The van der Waals surface area contributed by atoms with Gasteiger partial charge in [-0.3, -0.25) is 0 Å². The molecule has 0 unspecified atom stereocenters. The predicted molar refractivity (Wildman–Crippen MR) is 70.3 cm³/mol. The van der Waals surface area contributed by atoms with Crippen LogP contribution in [-0.2, 0) is 0 Å². The van der Waals surface area contributed by atoms with Gasteiger partial charge in [0.2, 0.25) is 0 Å². The molecule has 2 rings (SSSR count). The van der Waals surface area contributed by atoms with Crippen LogP contribution in [0, 0.1) is 6.92 Å². The van der Waals surface area contributed by atoms with E-state index in [1.54, 1.807) is 12.1 Å². The number of rotatable bonds is 5. The van der Waals surface area contributed by atoms with Crippen molar-refractivity contribution in [3.05, 3.63) is 54.1 Å². The summed E-state index contributed by atoms with van der Waals surface area (Å²) in [6, 6.07) is 14.8. The van der Waals surface area contributed by atoms with Gasteiger partial charge < -0.3 is 14.6 Å². The maximum atomic E-state index is 9.52. The second-order valence-corrected chi connectivity index (χ2v) is 3.91. The van der Waals surface area contributed by atoms with Gasteiger partial charge in [-0.15, -0.1) is 0 Å². The van der Waals surface area contributed by atoms with Crippen LogP contribution < -0.4 is 9.47 Å². The zero-order valence-electron chi connectivity index (χ0n) is 10.3. The fraction of sp³-hybridized carbons (Fsp3) is 0.200. The van der Waals surface area contributed by atoms with E-state index in [2.05, 4.69) is 0 Å². The van der Waals surface area contributed by atoms with Crippen molar-refractivity contribution in [1.82, 2.24) is 0 Å². The number of phenolic OH excluding ortho intramolecular Hbond substituents is 1. The third kappa shape index (κ3) is 3.17. The van der Waals surface area contributed by atoms with Crippen LogP contribution >= 0.6 is 0 Å². The minimum Gasteiger partial charge on any atom is -0.508 e. The smallest absolute Gasteiger partial charge is 0.126 e. The molecule has 0 aromatic heterocycles. The average molecular weight is 244 g/mol. The Morgan fingerprint density at radius 3 is 2.39 bits per heavy atom. The Balaban J connectivity index is 1.81. The monoisotopic (exact) mass is 244 g/mol. The van der Waals surface area contributed by atoms with Crippen molar-refractivity contribution in [3.8, 4) is 17.2 Å². The van der Waals surface area contributed by atoms with Gasteiger partial charge in [0.15, 0.2) is 0 Å². The molecule has 3 nitrogen and oxygen atoms in total. The molecule has 0 amide bonds. The number of phenols is 1. The molecule has 0 atom stereocenters. The first-order valence-electron chi connectivity index (χ1n) is 5.86. The van der Waals surface area contributed by atoms with Crippen LogP contribution in [0.5, 0.6) is 17.2 Å². The Labute approximate surface area is 107 Å². The average Bonchev–Trinajstić information content (AvgIpc) is 2.40. The number of benzene rings is 2. The predicted octanol–water partition coefficient (Wildman–Crippen LogP) is 3.16. The Bertz CT molecular complexity index is 494. The summed E-state index contributed by atoms with van der Waals surface area (Å²) in [5.74, 6) is 1.76. The molecule has 0 spiro atoms. The van der Waals surface area contributed by atoms with E-state index in [4.69, 9.17) is 9.47 Å². The molecule has 2 aromatic rings. The van der Waals surface area contributed by atoms with Crippen LogP contribution in [0.1, 0.15) is 5.56 Å². The van der Waals surface area contributed by atoms with E-state index in [0.717, 1.165) is 11.3 Å². The number of hydrogen-bond donors (Lipinski definition) is 1. The van der Waals surface area contributed by atoms with Crippen LogP contribution in [-0.4, -0.2) is 18.3 Å². The molecule has 0 saturated heterocycles. The third-order valence-corrected chi connectivity index (χ3v) is 2.61. The molecular weight excluding hydrogens is 228 g/mol. The summed E-state index contributed by atoms with van der Waals surface area (Å²) in [5, 5.41) is 9.52. The standard InChI is InChI=1S/C15H16O3/c1-12-14(16)8-5-9-15(12)18-11-10-17-13-6-3-2-4-7-13/h2-9,16H,10-11H2,1H3. The van der Waals surface area contributed by atoms with E-state index in [-0.39, 0.29) is 5.75 Å². The minimum absolute atomic E-state index is 0.247. The van der Waals surface area contributed by atoms with E-state index >= 15 is 0 Å². The molecule has 0 radical (unpaired) electrons. The normalized spacial score (nSPS) is 10.1. The number of hydrogen-bond acceptors (Lipinski definition) is 3.